The number of amidine groups is 1. The van der Waals surface area contributed by atoms with Gasteiger partial charge in [0.05, 0.1) is 18.7 Å². The lowest BCUT2D eigenvalue weighted by molar-refractivity contribution is -0.129. The second-order valence-corrected chi connectivity index (χ2v) is 7.71. The number of carbonyl (C=O) groups excluding carboxylic acids is 3. The summed E-state index contributed by atoms with van der Waals surface area (Å²) in [4.78, 5) is 44.9. The van der Waals surface area contributed by atoms with Crippen LogP contribution >= 0.6 is 0 Å². The average molecular weight is 440 g/mol. The Kier molecular flexibility index (Phi) is 6.18. The molecule has 1 amide bonds. The average Bonchev–Trinajstić information content (AvgIpc) is 3.11. The van der Waals surface area contributed by atoms with Gasteiger partial charge in [-0.3, -0.25) is 14.5 Å². The van der Waals surface area contributed by atoms with Crippen molar-refractivity contribution in [1.82, 2.24) is 4.90 Å². The van der Waals surface area contributed by atoms with E-state index in [1.54, 1.807) is 38.1 Å². The Morgan fingerprint density at radius 2 is 1.36 bits per heavy atom. The van der Waals surface area contributed by atoms with E-state index in [0.717, 1.165) is 11.1 Å². The Labute approximate surface area is 192 Å². The number of hydrogen-bond acceptors (Lipinski definition) is 5. The molecule has 0 saturated heterocycles. The van der Waals surface area contributed by atoms with Crippen LogP contribution in [-0.4, -0.2) is 41.5 Å². The van der Waals surface area contributed by atoms with Crippen LogP contribution in [0.3, 0.4) is 0 Å². The van der Waals surface area contributed by atoms with E-state index in [1.165, 1.54) is 4.90 Å². The molecule has 0 fully saturated rings. The van der Waals surface area contributed by atoms with E-state index >= 15 is 0 Å². The first-order chi connectivity index (χ1) is 16.0. The zero-order valence-corrected chi connectivity index (χ0v) is 18.5. The van der Waals surface area contributed by atoms with Crippen LogP contribution in [0.5, 0.6) is 0 Å². The van der Waals surface area contributed by atoms with Crippen LogP contribution in [0.15, 0.2) is 89.9 Å². The van der Waals surface area contributed by atoms with Crippen LogP contribution in [0.4, 0.5) is 0 Å². The first-order valence-corrected chi connectivity index (χ1v) is 10.8. The lowest BCUT2D eigenvalue weighted by Gasteiger charge is -2.27. The molecule has 6 nitrogen and oxygen atoms in total. The van der Waals surface area contributed by atoms with Gasteiger partial charge in [0, 0.05) is 5.56 Å². The number of benzene rings is 3. The molecule has 3 aromatic carbocycles. The number of amides is 1. The third-order valence-electron chi connectivity index (χ3n) is 5.68. The topological polar surface area (TPSA) is 76.0 Å². The summed E-state index contributed by atoms with van der Waals surface area (Å²) in [5, 5.41) is 0. The molecule has 1 heterocycles. The fourth-order valence-corrected chi connectivity index (χ4v) is 4.02. The standard InChI is InChI=1S/C27H24N2O4/c1-3-33-25(31)21-16-14-20(15-17-21)24(30)18-29-19(2)28-27(26(29)32,22-10-6-4-7-11-22)23-12-8-5-9-13-23/h4-17H,3,18H2,1-2H3. The van der Waals surface area contributed by atoms with Gasteiger partial charge in [-0.25, -0.2) is 9.79 Å². The van der Waals surface area contributed by atoms with Crippen molar-refractivity contribution in [2.75, 3.05) is 13.2 Å². The number of hydrogen-bond donors (Lipinski definition) is 0. The van der Waals surface area contributed by atoms with E-state index in [1.807, 2.05) is 60.7 Å². The molecular weight excluding hydrogens is 416 g/mol. The molecule has 0 aliphatic carbocycles. The Hall–Kier alpha value is -4.06. The number of Topliss-reactive ketones (excluding diaryl/α,β-unsaturated/α-hetero) is 1. The summed E-state index contributed by atoms with van der Waals surface area (Å²) in [5.74, 6) is -0.479. The van der Waals surface area contributed by atoms with Crippen LogP contribution in [0.25, 0.3) is 0 Å². The summed E-state index contributed by atoms with van der Waals surface area (Å²) < 4.78 is 4.98. The first kappa shape index (κ1) is 22.1. The number of ketones is 1. The largest absolute Gasteiger partial charge is 0.462 e. The van der Waals surface area contributed by atoms with Crippen molar-refractivity contribution in [2.45, 2.75) is 19.4 Å². The number of esters is 1. The van der Waals surface area contributed by atoms with Gasteiger partial charge in [-0.2, -0.15) is 0 Å². The second-order valence-electron chi connectivity index (χ2n) is 7.71. The molecule has 0 spiro atoms. The first-order valence-electron chi connectivity index (χ1n) is 10.8. The highest BCUT2D eigenvalue weighted by molar-refractivity contribution is 6.13. The zero-order chi connectivity index (χ0) is 23.4. The van der Waals surface area contributed by atoms with Crippen molar-refractivity contribution in [3.05, 3.63) is 107 Å². The van der Waals surface area contributed by atoms with Crippen LogP contribution in [0.1, 0.15) is 45.7 Å². The summed E-state index contributed by atoms with van der Waals surface area (Å²) in [7, 11) is 0. The minimum atomic E-state index is -1.24. The van der Waals surface area contributed by atoms with E-state index in [9.17, 15) is 14.4 Å². The van der Waals surface area contributed by atoms with Crippen molar-refractivity contribution in [3.8, 4) is 0 Å². The molecule has 6 heteroatoms. The van der Waals surface area contributed by atoms with Crippen LogP contribution in [0, 0.1) is 0 Å². The van der Waals surface area contributed by atoms with Gasteiger partial charge >= 0.3 is 5.97 Å². The third-order valence-corrected chi connectivity index (χ3v) is 5.68. The maximum Gasteiger partial charge on any atom is 0.338 e. The highest BCUT2D eigenvalue weighted by Crippen LogP contribution is 2.40. The lowest BCUT2D eigenvalue weighted by atomic mass is 9.83. The van der Waals surface area contributed by atoms with Gasteiger partial charge in [0.15, 0.2) is 11.3 Å². The predicted molar refractivity (Wildman–Crippen MR) is 125 cm³/mol. The van der Waals surface area contributed by atoms with Gasteiger partial charge in [0.25, 0.3) is 5.91 Å². The van der Waals surface area contributed by atoms with Crippen molar-refractivity contribution in [1.29, 1.82) is 0 Å². The van der Waals surface area contributed by atoms with Crippen molar-refractivity contribution < 1.29 is 19.1 Å². The molecule has 0 aromatic heterocycles. The maximum atomic E-state index is 13.8. The Bertz CT molecular complexity index is 1160. The summed E-state index contributed by atoms with van der Waals surface area (Å²) in [6.07, 6.45) is 0. The third kappa shape index (κ3) is 4.07. The zero-order valence-electron chi connectivity index (χ0n) is 18.5. The van der Waals surface area contributed by atoms with Gasteiger partial charge in [-0.1, -0.05) is 72.8 Å². The van der Waals surface area contributed by atoms with E-state index in [4.69, 9.17) is 9.73 Å². The fourth-order valence-electron chi connectivity index (χ4n) is 4.02. The van der Waals surface area contributed by atoms with Gasteiger partial charge in [-0.15, -0.1) is 0 Å². The fraction of sp³-hybridized carbons (Fsp3) is 0.185. The number of nitrogens with zero attached hydrogens (tertiary/aromatic N) is 2. The number of rotatable bonds is 7. The molecule has 0 N–H and O–H groups in total. The van der Waals surface area contributed by atoms with Gasteiger partial charge in [-0.05, 0) is 37.1 Å². The molecule has 0 atom stereocenters. The van der Waals surface area contributed by atoms with Gasteiger partial charge < -0.3 is 4.74 Å². The Balaban J connectivity index is 1.63. The molecule has 1 aliphatic rings. The molecular formula is C27H24N2O4. The van der Waals surface area contributed by atoms with Crippen molar-refractivity contribution in [3.63, 3.8) is 0 Å². The summed E-state index contributed by atoms with van der Waals surface area (Å²) >= 11 is 0. The van der Waals surface area contributed by atoms with E-state index < -0.39 is 11.5 Å². The second kappa shape index (κ2) is 9.20. The monoisotopic (exact) mass is 440 g/mol. The van der Waals surface area contributed by atoms with E-state index in [0.29, 0.717) is 17.0 Å². The summed E-state index contributed by atoms with van der Waals surface area (Å²) in [6, 6.07) is 25.0. The quantitative estimate of drug-likeness (QED) is 0.407. The van der Waals surface area contributed by atoms with Gasteiger partial charge in [0.1, 0.15) is 5.84 Å². The summed E-state index contributed by atoms with van der Waals surface area (Å²) in [5.41, 5.74) is 1.03. The highest BCUT2D eigenvalue weighted by Gasteiger charge is 2.50. The molecule has 4 rings (SSSR count). The number of carbonyl (C=O) groups is 3. The Morgan fingerprint density at radius 1 is 0.848 bits per heavy atom. The van der Waals surface area contributed by atoms with E-state index in [-0.39, 0.29) is 24.8 Å². The molecule has 1 aliphatic heterocycles. The molecule has 0 radical (unpaired) electrons. The minimum absolute atomic E-state index is 0.145. The SMILES string of the molecule is CCOC(=O)c1ccc(C(=O)CN2C(=O)C(c3ccccc3)(c3ccccc3)N=C2C)cc1. The van der Waals surface area contributed by atoms with E-state index in [2.05, 4.69) is 0 Å². The number of aliphatic imine (C=N–C) groups is 1. The predicted octanol–water partition coefficient (Wildman–Crippen LogP) is 4.25. The molecule has 3 aromatic rings. The maximum absolute atomic E-state index is 13.8. The van der Waals surface area contributed by atoms with Crippen LogP contribution in [-0.2, 0) is 15.1 Å². The lowest BCUT2D eigenvalue weighted by Crippen LogP contribution is -2.43. The molecule has 166 valence electrons. The van der Waals surface area contributed by atoms with Gasteiger partial charge in [0.2, 0.25) is 0 Å². The van der Waals surface area contributed by atoms with Crippen LogP contribution < -0.4 is 0 Å². The number of ether oxygens (including phenoxy) is 1. The smallest absolute Gasteiger partial charge is 0.338 e. The van der Waals surface area contributed by atoms with Crippen molar-refractivity contribution >= 4 is 23.5 Å². The highest BCUT2D eigenvalue weighted by atomic mass is 16.5. The molecule has 0 unspecified atom stereocenters. The molecule has 33 heavy (non-hydrogen) atoms. The van der Waals surface area contributed by atoms with Crippen LogP contribution in [0.2, 0.25) is 0 Å². The van der Waals surface area contributed by atoms with Crippen molar-refractivity contribution in [2.24, 2.45) is 4.99 Å². The minimum Gasteiger partial charge on any atom is -0.462 e. The molecule has 0 saturated carbocycles. The normalized spacial score (nSPS) is 14.7. The summed E-state index contributed by atoms with van der Waals surface area (Å²) in [6.45, 7) is 3.61. The Morgan fingerprint density at radius 3 is 1.88 bits per heavy atom. The molecule has 0 bridgehead atoms.